The van der Waals surface area contributed by atoms with Crippen LogP contribution in [0.1, 0.15) is 40.0 Å². The number of fused-ring (bicyclic) bond motifs is 3. The molecule has 3 fully saturated rings. The number of imide groups is 2. The van der Waals surface area contributed by atoms with E-state index in [0.29, 0.717) is 23.2 Å². The molecule has 8 nitrogen and oxygen atoms in total. The molecule has 4 heterocycles. The molecule has 0 aromatic heterocycles. The molecule has 3 saturated heterocycles. The largest absolute Gasteiger partial charge is 0.366 e. The molecule has 140 valence electrons. The number of benzene rings is 1. The van der Waals surface area contributed by atoms with Gasteiger partial charge in [0.15, 0.2) is 0 Å². The first kappa shape index (κ1) is 16.4. The molecule has 0 saturated carbocycles. The number of amides is 4. The van der Waals surface area contributed by atoms with Crippen molar-refractivity contribution >= 4 is 29.3 Å². The summed E-state index contributed by atoms with van der Waals surface area (Å²) >= 11 is 0. The van der Waals surface area contributed by atoms with E-state index in [-0.39, 0.29) is 18.7 Å². The molecule has 4 amide bonds. The second kappa shape index (κ2) is 5.63. The average molecular weight is 368 g/mol. The lowest BCUT2D eigenvalue weighted by atomic mass is 10.0. The minimum Gasteiger partial charge on any atom is -0.366 e. The molecule has 27 heavy (non-hydrogen) atoms. The highest BCUT2D eigenvalue weighted by molar-refractivity contribution is 6.23. The second-order valence-corrected chi connectivity index (χ2v) is 7.81. The van der Waals surface area contributed by atoms with Gasteiger partial charge in [-0.1, -0.05) is 0 Å². The zero-order chi connectivity index (χ0) is 18.9. The van der Waals surface area contributed by atoms with Gasteiger partial charge in [-0.2, -0.15) is 0 Å². The van der Waals surface area contributed by atoms with E-state index in [1.807, 2.05) is 6.07 Å². The van der Waals surface area contributed by atoms with Gasteiger partial charge in [0.2, 0.25) is 11.8 Å². The first-order chi connectivity index (χ1) is 12.9. The van der Waals surface area contributed by atoms with Crippen molar-refractivity contribution in [2.45, 2.75) is 37.4 Å². The van der Waals surface area contributed by atoms with Crippen molar-refractivity contribution in [3.8, 4) is 0 Å². The number of carbonyl (C=O) groups is 4. The maximum atomic E-state index is 12.9. The SMILES string of the molecule is CN1CC2CC1CN2c1ccc2c(c1)C(=O)N(C1CCC(=O)NC1=O)C2=O. The molecule has 2 bridgehead atoms. The van der Waals surface area contributed by atoms with Gasteiger partial charge in [0.25, 0.3) is 11.8 Å². The third-order valence-corrected chi connectivity index (χ3v) is 6.27. The molecule has 4 aliphatic heterocycles. The molecule has 4 aliphatic rings. The Balaban J connectivity index is 1.44. The molecule has 1 aromatic carbocycles. The highest BCUT2D eigenvalue weighted by Crippen LogP contribution is 2.36. The van der Waals surface area contributed by atoms with E-state index in [0.717, 1.165) is 30.1 Å². The van der Waals surface area contributed by atoms with Crippen LogP contribution < -0.4 is 10.2 Å². The standard InChI is InChI=1S/C19H20N4O4/c1-21-8-12-6-11(21)9-22(12)10-2-3-13-14(7-10)19(27)23(18(13)26)15-4-5-16(24)20-17(15)25/h2-3,7,11-12,15H,4-6,8-9H2,1H3,(H,20,24,25). The predicted octanol–water partition coefficient (Wildman–Crippen LogP) is -0.0195. The van der Waals surface area contributed by atoms with E-state index in [1.165, 1.54) is 0 Å². The van der Waals surface area contributed by atoms with Crippen molar-refractivity contribution in [3.05, 3.63) is 29.3 Å². The molecule has 5 rings (SSSR count). The highest BCUT2D eigenvalue weighted by atomic mass is 16.2. The second-order valence-electron chi connectivity index (χ2n) is 7.81. The zero-order valence-corrected chi connectivity index (χ0v) is 15.0. The fourth-order valence-electron chi connectivity index (χ4n) is 4.82. The van der Waals surface area contributed by atoms with Crippen LogP contribution in [0.4, 0.5) is 5.69 Å². The molecule has 0 spiro atoms. The average Bonchev–Trinajstić information content (AvgIpc) is 3.28. The van der Waals surface area contributed by atoms with E-state index < -0.39 is 23.8 Å². The van der Waals surface area contributed by atoms with Crippen LogP contribution in [0.25, 0.3) is 0 Å². The van der Waals surface area contributed by atoms with Crippen molar-refractivity contribution in [2.75, 3.05) is 25.0 Å². The van der Waals surface area contributed by atoms with Crippen LogP contribution in [-0.4, -0.2) is 71.7 Å². The van der Waals surface area contributed by atoms with Gasteiger partial charge in [-0.15, -0.1) is 0 Å². The third kappa shape index (κ3) is 2.32. The van der Waals surface area contributed by atoms with E-state index in [9.17, 15) is 19.2 Å². The number of carbonyl (C=O) groups excluding carboxylic acids is 4. The van der Waals surface area contributed by atoms with Gasteiger partial charge in [-0.25, -0.2) is 0 Å². The Hall–Kier alpha value is -2.74. The Labute approximate surface area is 156 Å². The molecule has 1 aromatic rings. The van der Waals surface area contributed by atoms with E-state index in [1.54, 1.807) is 12.1 Å². The maximum Gasteiger partial charge on any atom is 0.262 e. The molecule has 8 heteroatoms. The summed E-state index contributed by atoms with van der Waals surface area (Å²) in [5.41, 5.74) is 1.62. The first-order valence-electron chi connectivity index (χ1n) is 9.26. The summed E-state index contributed by atoms with van der Waals surface area (Å²) in [6, 6.07) is 5.39. The Morgan fingerprint density at radius 3 is 2.44 bits per heavy atom. The van der Waals surface area contributed by atoms with Crippen molar-refractivity contribution in [3.63, 3.8) is 0 Å². The van der Waals surface area contributed by atoms with E-state index in [4.69, 9.17) is 0 Å². The number of hydrogen-bond acceptors (Lipinski definition) is 6. The Kier molecular flexibility index (Phi) is 3.42. The van der Waals surface area contributed by atoms with Gasteiger partial charge in [0.1, 0.15) is 6.04 Å². The lowest BCUT2D eigenvalue weighted by Gasteiger charge is -2.33. The first-order valence-corrected chi connectivity index (χ1v) is 9.26. The van der Waals surface area contributed by atoms with E-state index >= 15 is 0 Å². The van der Waals surface area contributed by atoms with Crippen LogP contribution in [0, 0.1) is 0 Å². The number of likely N-dealkylation sites (tertiary alicyclic amines) is 1. The van der Waals surface area contributed by atoms with Crippen LogP contribution in [-0.2, 0) is 9.59 Å². The van der Waals surface area contributed by atoms with Crippen LogP contribution in [0.5, 0.6) is 0 Å². The Morgan fingerprint density at radius 2 is 1.78 bits per heavy atom. The summed E-state index contributed by atoms with van der Waals surface area (Å²) in [6.07, 6.45) is 1.41. The van der Waals surface area contributed by atoms with Crippen LogP contribution in [0.3, 0.4) is 0 Å². The summed E-state index contributed by atoms with van der Waals surface area (Å²) in [7, 11) is 2.13. The summed E-state index contributed by atoms with van der Waals surface area (Å²) in [6.45, 7) is 1.91. The lowest BCUT2D eigenvalue weighted by Crippen LogP contribution is -2.54. The zero-order valence-electron chi connectivity index (χ0n) is 15.0. The molecule has 0 radical (unpaired) electrons. The maximum absolute atomic E-state index is 12.9. The Bertz CT molecular complexity index is 896. The normalized spacial score (nSPS) is 30.3. The number of anilines is 1. The third-order valence-electron chi connectivity index (χ3n) is 6.27. The molecule has 1 N–H and O–H groups in total. The van der Waals surface area contributed by atoms with Gasteiger partial charge < -0.3 is 4.90 Å². The summed E-state index contributed by atoms with van der Waals surface area (Å²) < 4.78 is 0. The van der Waals surface area contributed by atoms with E-state index in [2.05, 4.69) is 22.2 Å². The smallest absolute Gasteiger partial charge is 0.262 e. The van der Waals surface area contributed by atoms with Gasteiger partial charge in [0, 0.05) is 37.3 Å². The fraction of sp³-hybridized carbons (Fsp3) is 0.474. The van der Waals surface area contributed by atoms with Crippen LogP contribution in [0.2, 0.25) is 0 Å². The Morgan fingerprint density at radius 1 is 1.00 bits per heavy atom. The van der Waals surface area contributed by atoms with Gasteiger partial charge in [-0.3, -0.25) is 34.3 Å². The lowest BCUT2D eigenvalue weighted by molar-refractivity contribution is -0.136. The number of nitrogens with zero attached hydrogens (tertiary/aromatic N) is 3. The van der Waals surface area contributed by atoms with Gasteiger partial charge in [0.05, 0.1) is 11.1 Å². The minimum atomic E-state index is -0.921. The molecule has 0 aliphatic carbocycles. The van der Waals surface area contributed by atoms with Crippen molar-refractivity contribution in [1.29, 1.82) is 0 Å². The fourth-order valence-corrected chi connectivity index (χ4v) is 4.82. The number of nitrogens with one attached hydrogen (secondary N) is 1. The molecular formula is C19H20N4O4. The minimum absolute atomic E-state index is 0.124. The van der Waals surface area contributed by atoms with Crippen LogP contribution >= 0.6 is 0 Å². The number of piperazine rings is 1. The van der Waals surface area contributed by atoms with Crippen molar-refractivity contribution in [1.82, 2.24) is 15.1 Å². The number of piperidine rings is 1. The number of likely N-dealkylation sites (N-methyl/N-ethyl adjacent to an activating group) is 1. The quantitative estimate of drug-likeness (QED) is 0.738. The van der Waals surface area contributed by atoms with Gasteiger partial charge >= 0.3 is 0 Å². The highest BCUT2D eigenvalue weighted by Gasteiger charge is 2.46. The van der Waals surface area contributed by atoms with Crippen molar-refractivity contribution < 1.29 is 19.2 Å². The number of rotatable bonds is 2. The van der Waals surface area contributed by atoms with Crippen LogP contribution in [0.15, 0.2) is 18.2 Å². The molecular weight excluding hydrogens is 348 g/mol. The van der Waals surface area contributed by atoms with Gasteiger partial charge in [-0.05, 0) is 38.1 Å². The topological polar surface area (TPSA) is 90.0 Å². The summed E-state index contributed by atoms with van der Waals surface area (Å²) in [5.74, 6) is -1.86. The summed E-state index contributed by atoms with van der Waals surface area (Å²) in [5, 5.41) is 2.22. The number of hydrogen-bond donors (Lipinski definition) is 1. The van der Waals surface area contributed by atoms with Crippen molar-refractivity contribution in [2.24, 2.45) is 0 Å². The molecule has 3 unspecified atom stereocenters. The summed E-state index contributed by atoms with van der Waals surface area (Å²) in [4.78, 5) is 54.9. The predicted molar refractivity (Wildman–Crippen MR) is 95.3 cm³/mol. The monoisotopic (exact) mass is 368 g/mol. The molecule has 3 atom stereocenters.